The van der Waals surface area contributed by atoms with Crippen molar-refractivity contribution in [3.63, 3.8) is 0 Å². The molecule has 2 unspecified atom stereocenters. The second kappa shape index (κ2) is 6.58. The van der Waals surface area contributed by atoms with Crippen LogP contribution in [0.2, 0.25) is 5.02 Å². The molecule has 0 spiro atoms. The molecule has 1 aromatic carbocycles. The zero-order valence-electron chi connectivity index (χ0n) is 10.1. The van der Waals surface area contributed by atoms with E-state index in [1.54, 1.807) is 6.07 Å². The largest absolute Gasteiger partial charge is 0.497 e. The predicted molar refractivity (Wildman–Crippen MR) is 65.6 cm³/mol. The number of aliphatic hydroxyl groups is 2. The van der Waals surface area contributed by atoms with Gasteiger partial charge < -0.3 is 19.7 Å². The van der Waals surface area contributed by atoms with Crippen LogP contribution in [-0.2, 0) is 9.53 Å². The van der Waals surface area contributed by atoms with Crippen LogP contribution in [0.15, 0.2) is 18.2 Å². The fraction of sp³-hybridized carbons (Fsp3) is 0.417. The van der Waals surface area contributed by atoms with Crippen LogP contribution in [0.5, 0.6) is 5.75 Å². The van der Waals surface area contributed by atoms with E-state index in [1.807, 2.05) is 0 Å². The first-order valence-corrected chi connectivity index (χ1v) is 5.63. The SMILES string of the molecule is COC(=O)CC(O)C(O)c1ccc(OC)cc1Cl. The first-order chi connectivity index (χ1) is 8.49. The number of benzene rings is 1. The molecule has 0 aromatic heterocycles. The zero-order valence-corrected chi connectivity index (χ0v) is 10.8. The Balaban J connectivity index is 2.83. The molecule has 0 saturated carbocycles. The highest BCUT2D eigenvalue weighted by atomic mass is 35.5. The summed E-state index contributed by atoms with van der Waals surface area (Å²) in [6.45, 7) is 0. The molecule has 5 nitrogen and oxygen atoms in total. The maximum Gasteiger partial charge on any atom is 0.308 e. The number of halogens is 1. The number of rotatable bonds is 5. The Morgan fingerprint density at radius 3 is 2.56 bits per heavy atom. The van der Waals surface area contributed by atoms with Crippen molar-refractivity contribution < 1.29 is 24.5 Å². The van der Waals surface area contributed by atoms with E-state index in [9.17, 15) is 15.0 Å². The van der Waals surface area contributed by atoms with Gasteiger partial charge in [0, 0.05) is 5.56 Å². The maximum atomic E-state index is 11.0. The summed E-state index contributed by atoms with van der Waals surface area (Å²) in [5, 5.41) is 19.8. The van der Waals surface area contributed by atoms with Crippen molar-refractivity contribution >= 4 is 17.6 Å². The van der Waals surface area contributed by atoms with Gasteiger partial charge in [0.05, 0.1) is 31.8 Å². The Bertz CT molecular complexity index is 421. The van der Waals surface area contributed by atoms with Gasteiger partial charge in [-0.3, -0.25) is 4.79 Å². The van der Waals surface area contributed by atoms with E-state index in [0.717, 1.165) is 0 Å². The van der Waals surface area contributed by atoms with E-state index < -0.39 is 18.2 Å². The summed E-state index contributed by atoms with van der Waals surface area (Å²) in [7, 11) is 2.70. The number of carbonyl (C=O) groups is 1. The van der Waals surface area contributed by atoms with Crippen LogP contribution < -0.4 is 4.74 Å². The molecule has 0 heterocycles. The smallest absolute Gasteiger partial charge is 0.308 e. The fourth-order valence-corrected chi connectivity index (χ4v) is 1.73. The number of methoxy groups -OCH3 is 2. The lowest BCUT2D eigenvalue weighted by molar-refractivity contribution is -0.144. The molecule has 1 aromatic rings. The number of aliphatic hydroxyl groups excluding tert-OH is 2. The summed E-state index contributed by atoms with van der Waals surface area (Å²) in [6.07, 6.45) is -2.84. The second-order valence-electron chi connectivity index (χ2n) is 3.68. The number of ether oxygens (including phenoxy) is 2. The molecule has 0 aliphatic carbocycles. The molecular formula is C12H15ClO5. The monoisotopic (exact) mass is 274 g/mol. The van der Waals surface area contributed by atoms with Crippen LogP contribution in [0.4, 0.5) is 0 Å². The van der Waals surface area contributed by atoms with Gasteiger partial charge >= 0.3 is 5.97 Å². The van der Waals surface area contributed by atoms with E-state index in [0.29, 0.717) is 11.3 Å². The van der Waals surface area contributed by atoms with Crippen LogP contribution in [-0.4, -0.2) is 36.5 Å². The molecule has 0 radical (unpaired) electrons. The predicted octanol–water partition coefficient (Wildman–Crippen LogP) is 1.31. The van der Waals surface area contributed by atoms with Crippen molar-refractivity contribution in [1.29, 1.82) is 0 Å². The molecule has 0 aliphatic rings. The third-order valence-corrected chi connectivity index (χ3v) is 2.82. The summed E-state index contributed by atoms with van der Waals surface area (Å²) < 4.78 is 9.38. The molecular weight excluding hydrogens is 260 g/mol. The van der Waals surface area contributed by atoms with Crippen LogP contribution in [0.1, 0.15) is 18.1 Å². The van der Waals surface area contributed by atoms with Crippen LogP contribution in [0, 0.1) is 0 Å². The molecule has 2 N–H and O–H groups in total. The lowest BCUT2D eigenvalue weighted by Gasteiger charge is -2.18. The van der Waals surface area contributed by atoms with Crippen molar-refractivity contribution in [3.05, 3.63) is 28.8 Å². The van der Waals surface area contributed by atoms with Gasteiger partial charge in [-0.25, -0.2) is 0 Å². The normalized spacial score (nSPS) is 13.8. The summed E-state index contributed by atoms with van der Waals surface area (Å²) in [5.74, 6) is -0.0652. The van der Waals surface area contributed by atoms with Gasteiger partial charge in [-0.1, -0.05) is 17.7 Å². The van der Waals surface area contributed by atoms with Crippen molar-refractivity contribution in [3.8, 4) is 5.75 Å². The molecule has 0 bridgehead atoms. The number of esters is 1. The van der Waals surface area contributed by atoms with Gasteiger partial charge in [0.2, 0.25) is 0 Å². The molecule has 0 aliphatic heterocycles. The average molecular weight is 275 g/mol. The number of hydrogen-bond donors (Lipinski definition) is 2. The van der Waals surface area contributed by atoms with Crippen LogP contribution in [0.3, 0.4) is 0 Å². The van der Waals surface area contributed by atoms with E-state index in [1.165, 1.54) is 26.4 Å². The number of carbonyl (C=O) groups excluding carboxylic acids is 1. The number of hydrogen-bond acceptors (Lipinski definition) is 5. The van der Waals surface area contributed by atoms with Crippen molar-refractivity contribution in [2.45, 2.75) is 18.6 Å². The van der Waals surface area contributed by atoms with E-state index in [-0.39, 0.29) is 11.4 Å². The summed E-state index contributed by atoms with van der Waals surface area (Å²) in [6, 6.07) is 4.66. The zero-order chi connectivity index (χ0) is 13.7. The minimum absolute atomic E-state index is 0.255. The van der Waals surface area contributed by atoms with E-state index in [4.69, 9.17) is 16.3 Å². The highest BCUT2D eigenvalue weighted by Crippen LogP contribution is 2.29. The summed E-state index contributed by atoms with van der Waals surface area (Å²) >= 11 is 5.95. The van der Waals surface area contributed by atoms with Gasteiger partial charge in [0.15, 0.2) is 0 Å². The molecule has 0 saturated heterocycles. The van der Waals surface area contributed by atoms with Gasteiger partial charge in [-0.15, -0.1) is 0 Å². The average Bonchev–Trinajstić information content (AvgIpc) is 2.37. The summed E-state index contributed by atoms with van der Waals surface area (Å²) in [5.41, 5.74) is 0.328. The van der Waals surface area contributed by atoms with Gasteiger partial charge in [0.25, 0.3) is 0 Å². The molecule has 100 valence electrons. The molecule has 6 heteroatoms. The summed E-state index contributed by atoms with van der Waals surface area (Å²) in [4.78, 5) is 11.0. The first kappa shape index (κ1) is 14.8. The standard InChI is InChI=1S/C12H15ClO5/c1-17-7-3-4-8(9(13)5-7)12(16)10(14)6-11(15)18-2/h3-5,10,12,14,16H,6H2,1-2H3. The molecule has 1 rings (SSSR count). The maximum absolute atomic E-state index is 11.0. The van der Waals surface area contributed by atoms with E-state index >= 15 is 0 Å². The topological polar surface area (TPSA) is 76.0 Å². The van der Waals surface area contributed by atoms with Crippen LogP contribution in [0.25, 0.3) is 0 Å². The molecule has 0 amide bonds. The van der Waals surface area contributed by atoms with Gasteiger partial charge in [-0.05, 0) is 12.1 Å². The van der Waals surface area contributed by atoms with Crippen molar-refractivity contribution in [1.82, 2.24) is 0 Å². The Morgan fingerprint density at radius 1 is 1.39 bits per heavy atom. The third kappa shape index (κ3) is 3.60. The van der Waals surface area contributed by atoms with E-state index in [2.05, 4.69) is 4.74 Å². The highest BCUT2D eigenvalue weighted by Gasteiger charge is 2.23. The van der Waals surface area contributed by atoms with Crippen molar-refractivity contribution in [2.75, 3.05) is 14.2 Å². The minimum Gasteiger partial charge on any atom is -0.497 e. The Hall–Kier alpha value is -1.30. The molecule has 18 heavy (non-hydrogen) atoms. The molecule has 0 fully saturated rings. The van der Waals surface area contributed by atoms with Gasteiger partial charge in [0.1, 0.15) is 11.9 Å². The highest BCUT2D eigenvalue weighted by molar-refractivity contribution is 6.31. The quantitative estimate of drug-likeness (QED) is 0.792. The Kier molecular flexibility index (Phi) is 5.40. The lowest BCUT2D eigenvalue weighted by atomic mass is 10.0. The lowest BCUT2D eigenvalue weighted by Crippen LogP contribution is -2.22. The Morgan fingerprint density at radius 2 is 2.06 bits per heavy atom. The van der Waals surface area contributed by atoms with Gasteiger partial charge in [-0.2, -0.15) is 0 Å². The third-order valence-electron chi connectivity index (χ3n) is 2.49. The molecule has 2 atom stereocenters. The first-order valence-electron chi connectivity index (χ1n) is 5.26. The minimum atomic E-state index is -1.27. The van der Waals surface area contributed by atoms with Crippen molar-refractivity contribution in [2.24, 2.45) is 0 Å². The Labute approximate surface area is 110 Å². The van der Waals surface area contributed by atoms with Crippen LogP contribution >= 0.6 is 11.6 Å². The second-order valence-corrected chi connectivity index (χ2v) is 4.09. The fourth-order valence-electron chi connectivity index (χ4n) is 1.45.